The molecule has 0 atom stereocenters. The van der Waals surface area contributed by atoms with E-state index >= 15 is 0 Å². The van der Waals surface area contributed by atoms with Gasteiger partial charge in [-0.3, -0.25) is 9.36 Å². The number of hydrogen-bond acceptors (Lipinski definition) is 4. The maximum atomic E-state index is 12.1. The summed E-state index contributed by atoms with van der Waals surface area (Å²) in [5.41, 5.74) is 0. The van der Waals surface area contributed by atoms with Crippen LogP contribution in [-0.4, -0.2) is 43.3 Å². The van der Waals surface area contributed by atoms with Gasteiger partial charge in [0.2, 0.25) is 5.91 Å². The molecule has 0 saturated heterocycles. The van der Waals surface area contributed by atoms with E-state index in [4.69, 9.17) is 9.05 Å². The van der Waals surface area contributed by atoms with Crippen LogP contribution in [0.25, 0.3) is 0 Å². The summed E-state index contributed by atoms with van der Waals surface area (Å²) in [4.78, 5) is 13.3. The monoisotopic (exact) mass is 251 g/mol. The normalized spacial score (nSPS) is 11.9. The van der Waals surface area contributed by atoms with Gasteiger partial charge in [0.1, 0.15) is 6.16 Å². The molecule has 5 nitrogen and oxygen atoms in total. The molecule has 0 radical (unpaired) electrons. The first-order valence-corrected chi connectivity index (χ1v) is 7.22. The van der Waals surface area contributed by atoms with Crippen molar-refractivity contribution in [1.29, 1.82) is 0 Å². The van der Waals surface area contributed by atoms with Crippen LogP contribution in [0, 0.1) is 0 Å². The van der Waals surface area contributed by atoms with Crippen molar-refractivity contribution in [1.82, 2.24) is 4.90 Å². The van der Waals surface area contributed by atoms with Crippen LogP contribution < -0.4 is 0 Å². The van der Waals surface area contributed by atoms with Gasteiger partial charge in [-0.2, -0.15) is 0 Å². The zero-order valence-corrected chi connectivity index (χ0v) is 11.6. The molecule has 0 fully saturated rings. The minimum Gasteiger partial charge on any atom is -0.343 e. The SMILES string of the molecule is CCOP(=O)(CC(=O)N(C)C(C)C)OCC. The Morgan fingerprint density at radius 1 is 1.25 bits per heavy atom. The summed E-state index contributed by atoms with van der Waals surface area (Å²) in [6, 6.07) is 0.0733. The van der Waals surface area contributed by atoms with Gasteiger partial charge in [0.15, 0.2) is 0 Å². The lowest BCUT2D eigenvalue weighted by molar-refractivity contribution is -0.128. The Morgan fingerprint density at radius 2 is 1.69 bits per heavy atom. The van der Waals surface area contributed by atoms with Gasteiger partial charge in [0.05, 0.1) is 13.2 Å². The minimum atomic E-state index is -3.26. The lowest BCUT2D eigenvalue weighted by Crippen LogP contribution is -2.35. The molecule has 0 rings (SSSR count). The smallest absolute Gasteiger partial charge is 0.340 e. The van der Waals surface area contributed by atoms with Crippen molar-refractivity contribution in [2.24, 2.45) is 0 Å². The minimum absolute atomic E-state index is 0.0733. The molecule has 0 aromatic heterocycles. The zero-order chi connectivity index (χ0) is 12.8. The second kappa shape index (κ2) is 7.05. The van der Waals surface area contributed by atoms with Gasteiger partial charge in [0.25, 0.3) is 0 Å². The van der Waals surface area contributed by atoms with E-state index in [2.05, 4.69) is 0 Å². The first kappa shape index (κ1) is 15.6. The van der Waals surface area contributed by atoms with Gasteiger partial charge >= 0.3 is 7.60 Å². The first-order chi connectivity index (χ1) is 7.36. The second-order valence-electron chi connectivity index (χ2n) is 3.70. The van der Waals surface area contributed by atoms with Crippen molar-refractivity contribution < 1.29 is 18.4 Å². The molecule has 0 heterocycles. The van der Waals surface area contributed by atoms with Crippen LogP contribution in [0.2, 0.25) is 0 Å². The maximum absolute atomic E-state index is 12.1. The van der Waals surface area contributed by atoms with Gasteiger partial charge in [-0.1, -0.05) is 0 Å². The lowest BCUT2D eigenvalue weighted by atomic mass is 10.3. The summed E-state index contributed by atoms with van der Waals surface area (Å²) < 4.78 is 22.2. The van der Waals surface area contributed by atoms with Crippen molar-refractivity contribution in [3.63, 3.8) is 0 Å². The molecule has 96 valence electrons. The Bertz CT molecular complexity index is 258. The first-order valence-electron chi connectivity index (χ1n) is 5.50. The largest absolute Gasteiger partial charge is 0.343 e. The number of amides is 1. The summed E-state index contributed by atoms with van der Waals surface area (Å²) in [6.45, 7) is 7.78. The molecule has 0 aliphatic carbocycles. The predicted octanol–water partition coefficient (Wildman–Crippen LogP) is 2.12. The van der Waals surface area contributed by atoms with Crippen molar-refractivity contribution in [3.8, 4) is 0 Å². The number of carbonyl (C=O) groups excluding carboxylic acids is 1. The molecule has 1 amide bonds. The van der Waals surface area contributed by atoms with Crippen LogP contribution in [0.15, 0.2) is 0 Å². The van der Waals surface area contributed by atoms with E-state index in [1.54, 1.807) is 20.9 Å². The van der Waals surface area contributed by atoms with Gasteiger partial charge in [-0.25, -0.2) is 0 Å². The second-order valence-corrected chi connectivity index (χ2v) is 5.76. The summed E-state index contributed by atoms with van der Waals surface area (Å²) in [6.07, 6.45) is -0.191. The van der Waals surface area contributed by atoms with Crippen molar-refractivity contribution >= 4 is 13.5 Å². The average molecular weight is 251 g/mol. The number of hydrogen-bond donors (Lipinski definition) is 0. The van der Waals surface area contributed by atoms with Gasteiger partial charge < -0.3 is 13.9 Å². The molecule has 0 spiro atoms. The Kier molecular flexibility index (Phi) is 6.88. The van der Waals surface area contributed by atoms with E-state index in [0.717, 1.165) is 0 Å². The molecule has 0 saturated carbocycles. The summed E-state index contributed by atoms with van der Waals surface area (Å²) in [5, 5.41) is 0. The van der Waals surface area contributed by atoms with Gasteiger partial charge in [0, 0.05) is 13.1 Å². The molecule has 0 aromatic rings. The summed E-state index contributed by atoms with van der Waals surface area (Å²) >= 11 is 0. The molecule has 6 heteroatoms. The molecule has 0 N–H and O–H groups in total. The molecule has 16 heavy (non-hydrogen) atoms. The summed E-state index contributed by atoms with van der Waals surface area (Å²) in [5.74, 6) is -0.222. The third-order valence-corrected chi connectivity index (χ3v) is 4.11. The van der Waals surface area contributed by atoms with E-state index in [-0.39, 0.29) is 31.3 Å². The third kappa shape index (κ3) is 5.10. The zero-order valence-electron chi connectivity index (χ0n) is 10.7. The van der Waals surface area contributed by atoms with Crippen LogP contribution in [0.5, 0.6) is 0 Å². The third-order valence-electron chi connectivity index (χ3n) is 2.15. The number of rotatable bonds is 7. The molecular formula is C10H22NO4P. The van der Waals surface area contributed by atoms with Crippen LogP contribution in [0.4, 0.5) is 0 Å². The van der Waals surface area contributed by atoms with Gasteiger partial charge in [-0.15, -0.1) is 0 Å². The molecular weight excluding hydrogens is 229 g/mol. The molecule has 0 aromatic carbocycles. The molecule has 0 unspecified atom stereocenters. The van der Waals surface area contributed by atoms with Crippen LogP contribution in [-0.2, 0) is 18.4 Å². The predicted molar refractivity (Wildman–Crippen MR) is 63.6 cm³/mol. The lowest BCUT2D eigenvalue weighted by Gasteiger charge is -2.24. The highest BCUT2D eigenvalue weighted by molar-refractivity contribution is 7.54. The van der Waals surface area contributed by atoms with Crippen LogP contribution in [0.3, 0.4) is 0 Å². The van der Waals surface area contributed by atoms with Crippen molar-refractivity contribution in [3.05, 3.63) is 0 Å². The quantitative estimate of drug-likeness (QED) is 0.650. The van der Waals surface area contributed by atoms with E-state index in [1.165, 1.54) is 4.90 Å². The van der Waals surface area contributed by atoms with Crippen LogP contribution in [0.1, 0.15) is 27.7 Å². The highest BCUT2D eigenvalue weighted by Crippen LogP contribution is 2.47. The van der Waals surface area contributed by atoms with Gasteiger partial charge in [-0.05, 0) is 27.7 Å². The van der Waals surface area contributed by atoms with Crippen molar-refractivity contribution in [2.75, 3.05) is 26.4 Å². The highest BCUT2D eigenvalue weighted by Gasteiger charge is 2.29. The molecule has 0 aliphatic heterocycles. The Balaban J connectivity index is 4.51. The van der Waals surface area contributed by atoms with E-state index in [9.17, 15) is 9.36 Å². The number of nitrogens with zero attached hydrogens (tertiary/aromatic N) is 1. The molecule has 0 bridgehead atoms. The Morgan fingerprint density at radius 3 is 2.00 bits per heavy atom. The topological polar surface area (TPSA) is 55.8 Å². The molecule has 0 aliphatic rings. The Hall–Kier alpha value is -0.380. The fourth-order valence-corrected chi connectivity index (χ4v) is 2.69. The maximum Gasteiger partial charge on any atom is 0.340 e. The van der Waals surface area contributed by atoms with Crippen molar-refractivity contribution in [2.45, 2.75) is 33.7 Å². The standard InChI is InChI=1S/C10H22NO4P/c1-6-14-16(13,15-7-2)8-10(12)11(5)9(3)4/h9H,6-8H2,1-5H3. The highest BCUT2D eigenvalue weighted by atomic mass is 31.2. The van der Waals surface area contributed by atoms with E-state index in [0.29, 0.717) is 0 Å². The van der Waals surface area contributed by atoms with E-state index < -0.39 is 7.60 Å². The average Bonchev–Trinajstić information content (AvgIpc) is 2.16. The number of carbonyl (C=O) groups is 1. The fourth-order valence-electron chi connectivity index (χ4n) is 1.09. The fraction of sp³-hybridized carbons (Fsp3) is 0.900. The Labute approximate surface area is 97.6 Å². The summed E-state index contributed by atoms with van der Waals surface area (Å²) in [7, 11) is -1.58. The van der Waals surface area contributed by atoms with Crippen LogP contribution >= 0.6 is 7.60 Å². The van der Waals surface area contributed by atoms with E-state index in [1.807, 2.05) is 13.8 Å².